The molecule has 1 N–H and O–H groups in total. The van der Waals surface area contributed by atoms with E-state index in [4.69, 9.17) is 0 Å². The molecule has 0 atom stereocenters. The molecule has 2 aromatic heterocycles. The number of rotatable bonds is 4. The Kier molecular flexibility index (Phi) is 6.03. The van der Waals surface area contributed by atoms with Gasteiger partial charge in [-0.2, -0.15) is 0 Å². The maximum Gasteiger partial charge on any atom is 0.266 e. The third kappa shape index (κ3) is 4.32. The number of para-hydroxylation sites is 1. The van der Waals surface area contributed by atoms with E-state index in [1.165, 1.54) is 17.0 Å². The van der Waals surface area contributed by atoms with Crippen LogP contribution in [0.2, 0.25) is 0 Å². The summed E-state index contributed by atoms with van der Waals surface area (Å²) in [5.74, 6) is 0.807. The van der Waals surface area contributed by atoms with E-state index in [2.05, 4.69) is 65.3 Å². The first-order chi connectivity index (χ1) is 16.0. The standard InChI is InChI=1S/C25H24BrN5OS/c1-16-14-18(26)8-9-20(16)29-24(32)22-17(2)21-23(27-15-28-25(21)33-22)31-12-10-30(11-13-31)19-6-4-3-5-7-19/h3-9,14-15H,10-13H2,1-2H3,(H,29,32). The molecule has 5 rings (SSSR count). The van der Waals surface area contributed by atoms with E-state index in [9.17, 15) is 4.79 Å². The first-order valence-corrected chi connectivity index (χ1v) is 12.5. The Morgan fingerprint density at radius 3 is 2.45 bits per heavy atom. The van der Waals surface area contributed by atoms with E-state index in [0.717, 1.165) is 63.5 Å². The van der Waals surface area contributed by atoms with Crippen molar-refractivity contribution >= 4 is 60.6 Å². The molecule has 1 saturated heterocycles. The summed E-state index contributed by atoms with van der Waals surface area (Å²) >= 11 is 4.90. The van der Waals surface area contributed by atoms with Gasteiger partial charge in [0.2, 0.25) is 0 Å². The number of aryl methyl sites for hydroxylation is 2. The van der Waals surface area contributed by atoms with Gasteiger partial charge in [-0.15, -0.1) is 11.3 Å². The van der Waals surface area contributed by atoms with Crippen molar-refractivity contribution < 1.29 is 4.79 Å². The first kappa shape index (κ1) is 21.9. The van der Waals surface area contributed by atoms with E-state index < -0.39 is 0 Å². The van der Waals surface area contributed by atoms with Gasteiger partial charge in [0.05, 0.1) is 10.3 Å². The zero-order valence-electron chi connectivity index (χ0n) is 18.5. The first-order valence-electron chi connectivity index (χ1n) is 10.9. The number of nitrogens with one attached hydrogen (secondary N) is 1. The number of hydrogen-bond acceptors (Lipinski definition) is 6. The van der Waals surface area contributed by atoms with Crippen LogP contribution in [-0.2, 0) is 0 Å². The average Bonchev–Trinajstić information content (AvgIpc) is 3.18. The van der Waals surface area contributed by atoms with E-state index in [-0.39, 0.29) is 5.91 Å². The minimum atomic E-state index is -0.110. The van der Waals surface area contributed by atoms with Crippen LogP contribution in [-0.4, -0.2) is 42.1 Å². The summed E-state index contributed by atoms with van der Waals surface area (Å²) < 4.78 is 0.989. The summed E-state index contributed by atoms with van der Waals surface area (Å²) in [7, 11) is 0. The Hall–Kier alpha value is -2.97. The number of amides is 1. The maximum atomic E-state index is 13.1. The normalized spacial score (nSPS) is 14.0. The molecule has 0 unspecified atom stereocenters. The van der Waals surface area contributed by atoms with Crippen LogP contribution in [0.15, 0.2) is 59.3 Å². The minimum absolute atomic E-state index is 0.110. The summed E-state index contributed by atoms with van der Waals surface area (Å²) in [6.07, 6.45) is 1.61. The highest BCUT2D eigenvalue weighted by molar-refractivity contribution is 9.10. The van der Waals surface area contributed by atoms with Crippen molar-refractivity contribution in [3.05, 3.63) is 75.3 Å². The summed E-state index contributed by atoms with van der Waals surface area (Å²) in [6, 6.07) is 16.3. The number of halogens is 1. The van der Waals surface area contributed by atoms with E-state index in [0.29, 0.717) is 4.88 Å². The molecule has 3 heterocycles. The second-order valence-corrected chi connectivity index (χ2v) is 10.1. The van der Waals surface area contributed by atoms with Gasteiger partial charge in [-0.1, -0.05) is 34.1 Å². The molecule has 0 spiro atoms. The molecule has 8 heteroatoms. The molecule has 4 aromatic rings. The third-order valence-corrected chi connectivity index (χ3v) is 7.74. The van der Waals surface area contributed by atoms with Gasteiger partial charge in [0.1, 0.15) is 17.0 Å². The number of anilines is 3. The molecule has 1 fully saturated rings. The summed E-state index contributed by atoms with van der Waals surface area (Å²) in [4.78, 5) is 28.5. The third-order valence-electron chi connectivity index (χ3n) is 6.05. The van der Waals surface area contributed by atoms with Crippen LogP contribution in [0.5, 0.6) is 0 Å². The Morgan fingerprint density at radius 2 is 1.73 bits per heavy atom. The highest BCUT2D eigenvalue weighted by Crippen LogP contribution is 2.36. The van der Waals surface area contributed by atoms with Crippen LogP contribution >= 0.6 is 27.3 Å². The number of nitrogens with zero attached hydrogens (tertiary/aromatic N) is 4. The second-order valence-electron chi connectivity index (χ2n) is 8.16. The van der Waals surface area contributed by atoms with Gasteiger partial charge in [0, 0.05) is 42.0 Å². The molecular weight excluding hydrogens is 498 g/mol. The van der Waals surface area contributed by atoms with Crippen molar-refractivity contribution in [2.24, 2.45) is 0 Å². The lowest BCUT2D eigenvalue weighted by atomic mass is 10.1. The molecule has 1 aliphatic rings. The van der Waals surface area contributed by atoms with Gasteiger partial charge >= 0.3 is 0 Å². The Bertz CT molecular complexity index is 1320. The number of piperazine rings is 1. The van der Waals surface area contributed by atoms with Gasteiger partial charge in [-0.05, 0) is 55.3 Å². The minimum Gasteiger partial charge on any atom is -0.368 e. The van der Waals surface area contributed by atoms with Gasteiger partial charge in [0.15, 0.2) is 0 Å². The predicted molar refractivity (Wildman–Crippen MR) is 140 cm³/mol. The fraction of sp³-hybridized carbons (Fsp3) is 0.240. The van der Waals surface area contributed by atoms with Crippen LogP contribution in [0.4, 0.5) is 17.2 Å². The zero-order valence-corrected chi connectivity index (χ0v) is 20.9. The van der Waals surface area contributed by atoms with E-state index >= 15 is 0 Å². The van der Waals surface area contributed by atoms with Gasteiger partial charge in [0.25, 0.3) is 5.91 Å². The van der Waals surface area contributed by atoms with Crippen molar-refractivity contribution in [1.82, 2.24) is 9.97 Å². The molecule has 1 aliphatic heterocycles. The molecule has 1 amide bonds. The zero-order chi connectivity index (χ0) is 22.9. The SMILES string of the molecule is Cc1cc(Br)ccc1NC(=O)c1sc2ncnc(N3CCN(c4ccccc4)CC3)c2c1C. The fourth-order valence-corrected chi connectivity index (χ4v) is 5.79. The topological polar surface area (TPSA) is 61.4 Å². The Morgan fingerprint density at radius 1 is 1.00 bits per heavy atom. The number of carbonyl (C=O) groups is 1. The summed E-state index contributed by atoms with van der Waals surface area (Å²) in [5, 5.41) is 4.04. The molecule has 2 aromatic carbocycles. The highest BCUT2D eigenvalue weighted by atomic mass is 79.9. The quantitative estimate of drug-likeness (QED) is 0.376. The van der Waals surface area contributed by atoms with Gasteiger partial charge in [-0.25, -0.2) is 9.97 Å². The number of aromatic nitrogens is 2. The van der Waals surface area contributed by atoms with Gasteiger partial charge < -0.3 is 15.1 Å². The van der Waals surface area contributed by atoms with Crippen molar-refractivity contribution in [3.8, 4) is 0 Å². The summed E-state index contributed by atoms with van der Waals surface area (Å²) in [5.41, 5.74) is 4.00. The van der Waals surface area contributed by atoms with Crippen LogP contribution in [0.3, 0.4) is 0 Å². The lowest BCUT2D eigenvalue weighted by Gasteiger charge is -2.37. The van der Waals surface area contributed by atoms with Crippen molar-refractivity contribution in [3.63, 3.8) is 0 Å². The lowest BCUT2D eigenvalue weighted by Crippen LogP contribution is -2.46. The van der Waals surface area contributed by atoms with Gasteiger partial charge in [-0.3, -0.25) is 4.79 Å². The summed E-state index contributed by atoms with van der Waals surface area (Å²) in [6.45, 7) is 7.57. The van der Waals surface area contributed by atoms with Crippen LogP contribution < -0.4 is 15.1 Å². The number of carbonyl (C=O) groups excluding carboxylic acids is 1. The molecule has 0 bridgehead atoms. The lowest BCUT2D eigenvalue weighted by molar-refractivity contribution is 0.103. The monoisotopic (exact) mass is 521 g/mol. The Balaban J connectivity index is 1.40. The number of benzene rings is 2. The van der Waals surface area contributed by atoms with Crippen LogP contribution in [0.25, 0.3) is 10.2 Å². The number of hydrogen-bond donors (Lipinski definition) is 1. The molecular formula is C25H24BrN5OS. The predicted octanol–water partition coefficient (Wildman–Crippen LogP) is 5.65. The molecule has 0 aliphatic carbocycles. The Labute approximate surface area is 205 Å². The smallest absolute Gasteiger partial charge is 0.266 e. The fourth-order valence-electron chi connectivity index (χ4n) is 4.27. The molecule has 6 nitrogen and oxygen atoms in total. The molecule has 33 heavy (non-hydrogen) atoms. The maximum absolute atomic E-state index is 13.1. The van der Waals surface area contributed by atoms with Crippen molar-refractivity contribution in [1.29, 1.82) is 0 Å². The average molecular weight is 522 g/mol. The van der Waals surface area contributed by atoms with E-state index in [1.807, 2.05) is 38.1 Å². The number of thiophene rings is 1. The van der Waals surface area contributed by atoms with Crippen LogP contribution in [0, 0.1) is 13.8 Å². The van der Waals surface area contributed by atoms with E-state index in [1.54, 1.807) is 6.33 Å². The second kappa shape index (κ2) is 9.11. The highest BCUT2D eigenvalue weighted by Gasteiger charge is 2.25. The number of fused-ring (bicyclic) bond motifs is 1. The molecule has 0 radical (unpaired) electrons. The largest absolute Gasteiger partial charge is 0.368 e. The van der Waals surface area contributed by atoms with Crippen LogP contribution in [0.1, 0.15) is 20.8 Å². The molecule has 0 saturated carbocycles. The molecule has 168 valence electrons. The van der Waals surface area contributed by atoms with Crippen molar-refractivity contribution in [2.75, 3.05) is 41.3 Å². The van der Waals surface area contributed by atoms with Crippen molar-refractivity contribution in [2.45, 2.75) is 13.8 Å².